The van der Waals surface area contributed by atoms with Crippen molar-refractivity contribution < 1.29 is 14.3 Å². The molecule has 0 spiro atoms. The van der Waals surface area contributed by atoms with Crippen molar-refractivity contribution >= 4 is 23.4 Å². The SMILES string of the molecule is CCNC(=O)[C@@H](C)N(Cc1ccccc1)C(=O)CCCOc1ccc(Cl)cc1. The van der Waals surface area contributed by atoms with E-state index in [1.807, 2.05) is 37.3 Å². The number of carbonyl (C=O) groups is 2. The van der Waals surface area contributed by atoms with E-state index in [0.29, 0.717) is 43.3 Å². The van der Waals surface area contributed by atoms with Crippen molar-refractivity contribution in [1.82, 2.24) is 10.2 Å². The second kappa shape index (κ2) is 11.3. The van der Waals surface area contributed by atoms with Gasteiger partial charge in [0.25, 0.3) is 0 Å². The minimum Gasteiger partial charge on any atom is -0.494 e. The summed E-state index contributed by atoms with van der Waals surface area (Å²) in [5.41, 5.74) is 0.990. The maximum atomic E-state index is 12.8. The quantitative estimate of drug-likeness (QED) is 0.610. The van der Waals surface area contributed by atoms with Gasteiger partial charge < -0.3 is 15.0 Å². The zero-order valence-electron chi connectivity index (χ0n) is 16.4. The Morgan fingerprint density at radius 2 is 1.79 bits per heavy atom. The molecule has 0 heterocycles. The summed E-state index contributed by atoms with van der Waals surface area (Å²) in [5, 5.41) is 3.44. The van der Waals surface area contributed by atoms with E-state index < -0.39 is 6.04 Å². The lowest BCUT2D eigenvalue weighted by Gasteiger charge is -2.28. The van der Waals surface area contributed by atoms with Crippen molar-refractivity contribution in [3.05, 3.63) is 65.2 Å². The van der Waals surface area contributed by atoms with Gasteiger partial charge in [-0.05, 0) is 50.1 Å². The Morgan fingerprint density at radius 1 is 1.11 bits per heavy atom. The van der Waals surface area contributed by atoms with E-state index in [2.05, 4.69) is 5.32 Å². The number of ether oxygens (including phenoxy) is 1. The normalized spacial score (nSPS) is 11.5. The van der Waals surface area contributed by atoms with Crippen molar-refractivity contribution in [3.8, 4) is 5.75 Å². The maximum absolute atomic E-state index is 12.8. The van der Waals surface area contributed by atoms with Crippen LogP contribution in [0.3, 0.4) is 0 Å². The van der Waals surface area contributed by atoms with Gasteiger partial charge in [-0.3, -0.25) is 9.59 Å². The number of amides is 2. The van der Waals surface area contributed by atoms with Crippen LogP contribution in [-0.4, -0.2) is 35.9 Å². The number of halogens is 1. The van der Waals surface area contributed by atoms with Crippen LogP contribution in [0.25, 0.3) is 0 Å². The monoisotopic (exact) mass is 402 g/mol. The van der Waals surface area contributed by atoms with Gasteiger partial charge in [-0.15, -0.1) is 0 Å². The molecule has 0 bridgehead atoms. The second-order valence-corrected chi connectivity index (χ2v) is 6.92. The summed E-state index contributed by atoms with van der Waals surface area (Å²) in [6, 6.07) is 16.3. The highest BCUT2D eigenvalue weighted by Crippen LogP contribution is 2.16. The van der Waals surface area contributed by atoms with Crippen LogP contribution < -0.4 is 10.1 Å². The molecule has 6 heteroatoms. The third-order valence-corrected chi connectivity index (χ3v) is 4.58. The van der Waals surface area contributed by atoms with E-state index in [0.717, 1.165) is 5.56 Å². The third-order valence-electron chi connectivity index (χ3n) is 4.33. The van der Waals surface area contributed by atoms with Crippen LogP contribution in [0.4, 0.5) is 0 Å². The Balaban J connectivity index is 1.93. The van der Waals surface area contributed by atoms with Crippen LogP contribution in [-0.2, 0) is 16.1 Å². The fourth-order valence-electron chi connectivity index (χ4n) is 2.77. The summed E-state index contributed by atoms with van der Waals surface area (Å²) in [4.78, 5) is 26.7. The van der Waals surface area contributed by atoms with Gasteiger partial charge in [0.05, 0.1) is 6.61 Å². The number of likely N-dealkylation sites (N-methyl/N-ethyl adjacent to an activating group) is 1. The summed E-state index contributed by atoms with van der Waals surface area (Å²) in [6.07, 6.45) is 0.874. The highest BCUT2D eigenvalue weighted by Gasteiger charge is 2.25. The molecule has 0 unspecified atom stereocenters. The first kappa shape index (κ1) is 21.8. The van der Waals surface area contributed by atoms with Gasteiger partial charge in [-0.2, -0.15) is 0 Å². The minimum atomic E-state index is -0.537. The predicted molar refractivity (Wildman–Crippen MR) is 111 cm³/mol. The van der Waals surface area contributed by atoms with Gasteiger partial charge in [0, 0.05) is 24.5 Å². The lowest BCUT2D eigenvalue weighted by atomic mass is 10.1. The number of hydrogen-bond acceptors (Lipinski definition) is 3. The van der Waals surface area contributed by atoms with Gasteiger partial charge >= 0.3 is 0 Å². The molecular weight excluding hydrogens is 376 g/mol. The van der Waals surface area contributed by atoms with Crippen LogP contribution in [0, 0.1) is 0 Å². The van der Waals surface area contributed by atoms with Crippen molar-refractivity contribution in [1.29, 1.82) is 0 Å². The molecule has 0 aliphatic rings. The fraction of sp³-hybridized carbons (Fsp3) is 0.364. The Kier molecular flexibility index (Phi) is 8.82. The van der Waals surface area contributed by atoms with Crippen LogP contribution in [0.2, 0.25) is 5.02 Å². The van der Waals surface area contributed by atoms with Crippen molar-refractivity contribution in [3.63, 3.8) is 0 Å². The molecule has 2 rings (SSSR count). The van der Waals surface area contributed by atoms with Crippen LogP contribution in [0.15, 0.2) is 54.6 Å². The number of hydrogen-bond donors (Lipinski definition) is 1. The molecule has 1 N–H and O–H groups in total. The van der Waals surface area contributed by atoms with E-state index in [1.165, 1.54) is 0 Å². The van der Waals surface area contributed by atoms with Crippen molar-refractivity contribution in [2.24, 2.45) is 0 Å². The molecule has 150 valence electrons. The minimum absolute atomic E-state index is 0.0673. The van der Waals surface area contributed by atoms with Crippen LogP contribution in [0.5, 0.6) is 5.75 Å². The first-order valence-electron chi connectivity index (χ1n) is 9.50. The maximum Gasteiger partial charge on any atom is 0.242 e. The number of nitrogens with zero attached hydrogens (tertiary/aromatic N) is 1. The number of benzene rings is 2. The molecule has 2 aromatic carbocycles. The van der Waals surface area contributed by atoms with Gasteiger partial charge in [0.1, 0.15) is 11.8 Å². The highest BCUT2D eigenvalue weighted by atomic mass is 35.5. The molecule has 2 aromatic rings. The van der Waals surface area contributed by atoms with Crippen molar-refractivity contribution in [2.75, 3.05) is 13.2 Å². The van der Waals surface area contributed by atoms with Crippen LogP contribution in [0.1, 0.15) is 32.3 Å². The molecule has 0 saturated carbocycles. The van der Waals surface area contributed by atoms with Crippen LogP contribution >= 0.6 is 11.6 Å². The van der Waals surface area contributed by atoms with E-state index >= 15 is 0 Å². The summed E-state index contributed by atoms with van der Waals surface area (Å²) in [5.74, 6) is 0.500. The fourth-order valence-corrected chi connectivity index (χ4v) is 2.90. The van der Waals surface area contributed by atoms with E-state index in [1.54, 1.807) is 36.1 Å². The molecule has 1 atom stereocenters. The average Bonchev–Trinajstić information content (AvgIpc) is 2.71. The summed E-state index contributed by atoms with van der Waals surface area (Å²) >= 11 is 5.86. The summed E-state index contributed by atoms with van der Waals surface area (Å²) < 4.78 is 5.65. The van der Waals surface area contributed by atoms with E-state index in [9.17, 15) is 9.59 Å². The lowest BCUT2D eigenvalue weighted by molar-refractivity contribution is -0.140. The molecule has 0 radical (unpaired) electrons. The molecular formula is C22H27ClN2O3. The largest absolute Gasteiger partial charge is 0.494 e. The Bertz CT molecular complexity index is 750. The molecule has 0 saturated heterocycles. The van der Waals surface area contributed by atoms with Gasteiger partial charge in [0.15, 0.2) is 0 Å². The van der Waals surface area contributed by atoms with Gasteiger partial charge in [-0.1, -0.05) is 41.9 Å². The Labute approximate surface area is 171 Å². The topological polar surface area (TPSA) is 58.6 Å². The van der Waals surface area contributed by atoms with Crippen molar-refractivity contribution in [2.45, 2.75) is 39.3 Å². The Hall–Kier alpha value is -2.53. The number of rotatable bonds is 10. The first-order valence-corrected chi connectivity index (χ1v) is 9.88. The third kappa shape index (κ3) is 6.89. The second-order valence-electron chi connectivity index (χ2n) is 6.48. The zero-order chi connectivity index (χ0) is 20.4. The first-order chi connectivity index (χ1) is 13.5. The number of nitrogens with one attached hydrogen (secondary N) is 1. The molecule has 0 aromatic heterocycles. The van der Waals surface area contributed by atoms with Gasteiger partial charge in [0.2, 0.25) is 11.8 Å². The molecule has 5 nitrogen and oxygen atoms in total. The van der Waals surface area contributed by atoms with Gasteiger partial charge in [-0.25, -0.2) is 0 Å². The molecule has 28 heavy (non-hydrogen) atoms. The highest BCUT2D eigenvalue weighted by molar-refractivity contribution is 6.30. The van der Waals surface area contributed by atoms with E-state index in [4.69, 9.17) is 16.3 Å². The predicted octanol–water partition coefficient (Wildman–Crippen LogP) is 4.05. The lowest BCUT2D eigenvalue weighted by Crippen LogP contribution is -2.47. The summed E-state index contributed by atoms with van der Waals surface area (Å²) in [6.45, 7) is 4.97. The molecule has 0 aliphatic heterocycles. The summed E-state index contributed by atoms with van der Waals surface area (Å²) in [7, 11) is 0. The Morgan fingerprint density at radius 3 is 2.43 bits per heavy atom. The molecule has 0 aliphatic carbocycles. The molecule has 2 amide bonds. The van der Waals surface area contributed by atoms with E-state index in [-0.39, 0.29) is 11.8 Å². The standard InChI is InChI=1S/C22H27ClN2O3/c1-3-24-22(27)17(2)25(16-18-8-5-4-6-9-18)21(26)10-7-15-28-20-13-11-19(23)12-14-20/h4-6,8-9,11-14,17H,3,7,10,15-16H2,1-2H3,(H,24,27)/t17-/m1/s1. The molecule has 0 fully saturated rings. The smallest absolute Gasteiger partial charge is 0.242 e. The zero-order valence-corrected chi connectivity index (χ0v) is 17.1. The average molecular weight is 403 g/mol. The number of carbonyl (C=O) groups excluding carboxylic acids is 2.